The molecular formula is C7H3F2N3O2. The Bertz CT molecular complexity index is 429. The molecule has 5 nitrogen and oxygen atoms in total. The van der Waals surface area contributed by atoms with Crippen molar-refractivity contribution in [3.63, 3.8) is 0 Å². The number of rotatable bonds is 1. The summed E-state index contributed by atoms with van der Waals surface area (Å²) in [5, 5.41) is 3.23. The second-order valence-electron chi connectivity index (χ2n) is 2.49. The minimum absolute atomic E-state index is 0.0770. The molecule has 0 saturated carbocycles. The molecule has 1 aliphatic rings. The van der Waals surface area contributed by atoms with E-state index in [4.69, 9.17) is 5.53 Å². The van der Waals surface area contributed by atoms with Crippen molar-refractivity contribution in [1.82, 2.24) is 0 Å². The van der Waals surface area contributed by atoms with Gasteiger partial charge >= 0.3 is 6.29 Å². The number of ether oxygens (including phenoxy) is 2. The number of hydrogen-bond acceptors (Lipinski definition) is 3. The molecule has 1 aliphatic heterocycles. The molecule has 0 spiro atoms. The highest BCUT2D eigenvalue weighted by atomic mass is 19.3. The minimum Gasteiger partial charge on any atom is -0.395 e. The van der Waals surface area contributed by atoms with Gasteiger partial charge < -0.3 is 9.47 Å². The Labute approximate surface area is 76.5 Å². The summed E-state index contributed by atoms with van der Waals surface area (Å²) in [6.07, 6.45) is -3.64. The van der Waals surface area contributed by atoms with Crippen molar-refractivity contribution < 1.29 is 18.3 Å². The van der Waals surface area contributed by atoms with Crippen LogP contribution in [0.25, 0.3) is 10.4 Å². The van der Waals surface area contributed by atoms with Crippen molar-refractivity contribution in [2.24, 2.45) is 5.11 Å². The summed E-state index contributed by atoms with van der Waals surface area (Å²) in [6.45, 7) is 0. The average Bonchev–Trinajstić information content (AvgIpc) is 2.38. The first-order chi connectivity index (χ1) is 6.61. The van der Waals surface area contributed by atoms with Crippen LogP contribution in [0.5, 0.6) is 11.5 Å². The van der Waals surface area contributed by atoms with Crippen molar-refractivity contribution in [2.45, 2.75) is 6.29 Å². The molecule has 1 heterocycles. The predicted octanol–water partition coefficient (Wildman–Crippen LogP) is 2.95. The molecule has 1 aromatic rings. The summed E-state index contributed by atoms with van der Waals surface area (Å²) in [5.74, 6) is -0.216. The molecule has 0 fully saturated rings. The van der Waals surface area contributed by atoms with E-state index in [0.717, 1.165) is 0 Å². The van der Waals surface area contributed by atoms with Gasteiger partial charge in [-0.1, -0.05) is 5.11 Å². The lowest BCUT2D eigenvalue weighted by Crippen LogP contribution is -2.25. The van der Waals surface area contributed by atoms with Crippen molar-refractivity contribution in [2.75, 3.05) is 0 Å². The highest BCUT2D eigenvalue weighted by Crippen LogP contribution is 2.42. The van der Waals surface area contributed by atoms with Crippen LogP contribution < -0.4 is 9.47 Å². The van der Waals surface area contributed by atoms with Crippen LogP contribution in [0.1, 0.15) is 0 Å². The van der Waals surface area contributed by atoms with Gasteiger partial charge in [-0.25, -0.2) is 0 Å². The molecule has 0 amide bonds. The van der Waals surface area contributed by atoms with Crippen LogP contribution in [0.3, 0.4) is 0 Å². The van der Waals surface area contributed by atoms with Crippen molar-refractivity contribution in [3.05, 3.63) is 28.6 Å². The summed E-state index contributed by atoms with van der Waals surface area (Å²) >= 11 is 0. The SMILES string of the molecule is [N-]=[N+]=Nc1ccc2c(c1)OC(F)(F)O2. The predicted molar refractivity (Wildman–Crippen MR) is 41.5 cm³/mol. The van der Waals surface area contributed by atoms with Gasteiger partial charge in [-0.05, 0) is 23.7 Å². The van der Waals surface area contributed by atoms with Gasteiger partial charge in [0.25, 0.3) is 0 Å². The van der Waals surface area contributed by atoms with E-state index >= 15 is 0 Å². The Balaban J connectivity index is 2.40. The monoisotopic (exact) mass is 199 g/mol. The van der Waals surface area contributed by atoms with Gasteiger partial charge in [0, 0.05) is 10.6 Å². The first-order valence-corrected chi connectivity index (χ1v) is 3.56. The van der Waals surface area contributed by atoms with Crippen LogP contribution in [0.4, 0.5) is 14.5 Å². The molecule has 72 valence electrons. The Morgan fingerprint density at radius 2 is 2.00 bits per heavy atom. The van der Waals surface area contributed by atoms with Gasteiger partial charge in [0.2, 0.25) is 0 Å². The number of alkyl halides is 2. The molecular weight excluding hydrogens is 196 g/mol. The number of fused-ring (bicyclic) bond motifs is 1. The zero-order valence-electron chi connectivity index (χ0n) is 6.65. The molecule has 0 unspecified atom stereocenters. The van der Waals surface area contributed by atoms with E-state index in [1.807, 2.05) is 0 Å². The van der Waals surface area contributed by atoms with E-state index in [1.165, 1.54) is 18.2 Å². The smallest absolute Gasteiger partial charge is 0.395 e. The summed E-state index contributed by atoms with van der Waals surface area (Å²) in [4.78, 5) is 2.51. The normalized spacial score (nSPS) is 16.1. The summed E-state index contributed by atoms with van der Waals surface area (Å²) < 4.78 is 33.3. The maximum absolute atomic E-state index is 12.5. The third-order valence-electron chi connectivity index (χ3n) is 1.55. The highest BCUT2D eigenvalue weighted by Gasteiger charge is 2.43. The molecule has 0 bridgehead atoms. The van der Waals surface area contributed by atoms with Crippen molar-refractivity contribution in [3.8, 4) is 11.5 Å². The summed E-state index contributed by atoms with van der Waals surface area (Å²) in [7, 11) is 0. The standard InChI is InChI=1S/C7H3F2N3O2/c8-7(9)13-5-2-1-4(11-12-10)3-6(5)14-7/h1-3H. The van der Waals surface area contributed by atoms with E-state index in [2.05, 4.69) is 19.5 Å². The molecule has 0 radical (unpaired) electrons. The Kier molecular flexibility index (Phi) is 1.68. The molecule has 0 saturated heterocycles. The van der Waals surface area contributed by atoms with Crippen LogP contribution in [-0.4, -0.2) is 6.29 Å². The Hall–Kier alpha value is -2.01. The van der Waals surface area contributed by atoms with Crippen LogP contribution in [0, 0.1) is 0 Å². The number of hydrogen-bond donors (Lipinski definition) is 0. The van der Waals surface area contributed by atoms with Crippen LogP contribution in [0.2, 0.25) is 0 Å². The first kappa shape index (κ1) is 8.58. The molecule has 0 aliphatic carbocycles. The van der Waals surface area contributed by atoms with Crippen molar-refractivity contribution >= 4 is 5.69 Å². The second-order valence-corrected chi connectivity index (χ2v) is 2.49. The van der Waals surface area contributed by atoms with E-state index in [0.29, 0.717) is 0 Å². The maximum atomic E-state index is 12.5. The van der Waals surface area contributed by atoms with Gasteiger partial charge in [-0.15, -0.1) is 8.78 Å². The molecule has 7 heteroatoms. The lowest BCUT2D eigenvalue weighted by atomic mass is 10.3. The van der Waals surface area contributed by atoms with Crippen LogP contribution in [0.15, 0.2) is 23.3 Å². The second kappa shape index (κ2) is 2.74. The molecule has 14 heavy (non-hydrogen) atoms. The third-order valence-corrected chi connectivity index (χ3v) is 1.55. The van der Waals surface area contributed by atoms with Gasteiger partial charge in [0.1, 0.15) is 0 Å². The van der Waals surface area contributed by atoms with E-state index < -0.39 is 6.29 Å². The summed E-state index contributed by atoms with van der Waals surface area (Å²) in [6, 6.07) is 3.78. The first-order valence-electron chi connectivity index (χ1n) is 3.56. The zero-order valence-corrected chi connectivity index (χ0v) is 6.65. The molecule has 0 N–H and O–H groups in total. The van der Waals surface area contributed by atoms with Crippen molar-refractivity contribution in [1.29, 1.82) is 0 Å². The van der Waals surface area contributed by atoms with E-state index in [1.54, 1.807) is 0 Å². The van der Waals surface area contributed by atoms with Gasteiger partial charge in [-0.3, -0.25) is 0 Å². The number of benzene rings is 1. The lowest BCUT2D eigenvalue weighted by molar-refractivity contribution is -0.286. The fraction of sp³-hybridized carbons (Fsp3) is 0.143. The van der Waals surface area contributed by atoms with Crippen LogP contribution >= 0.6 is 0 Å². The minimum atomic E-state index is -3.64. The fourth-order valence-corrected chi connectivity index (χ4v) is 1.05. The van der Waals surface area contributed by atoms with Gasteiger partial charge in [-0.2, -0.15) is 0 Å². The highest BCUT2D eigenvalue weighted by molar-refractivity contribution is 5.52. The Morgan fingerprint density at radius 1 is 1.29 bits per heavy atom. The Morgan fingerprint density at radius 3 is 2.71 bits per heavy atom. The quantitative estimate of drug-likeness (QED) is 0.396. The topological polar surface area (TPSA) is 67.2 Å². The molecule has 2 rings (SSSR count). The third kappa shape index (κ3) is 1.40. The number of azide groups is 1. The summed E-state index contributed by atoms with van der Waals surface area (Å²) in [5.41, 5.74) is 8.30. The average molecular weight is 199 g/mol. The van der Waals surface area contributed by atoms with E-state index in [9.17, 15) is 8.78 Å². The van der Waals surface area contributed by atoms with Crippen LogP contribution in [-0.2, 0) is 0 Å². The zero-order chi connectivity index (χ0) is 10.2. The molecule has 0 aromatic heterocycles. The lowest BCUT2D eigenvalue weighted by Gasteiger charge is -2.04. The molecule has 1 aromatic carbocycles. The van der Waals surface area contributed by atoms with E-state index in [-0.39, 0.29) is 17.2 Å². The maximum Gasteiger partial charge on any atom is 0.586 e. The largest absolute Gasteiger partial charge is 0.586 e. The van der Waals surface area contributed by atoms with Gasteiger partial charge in [0.15, 0.2) is 11.5 Å². The van der Waals surface area contributed by atoms with Gasteiger partial charge in [0.05, 0.1) is 0 Å². The number of nitrogens with zero attached hydrogens (tertiary/aromatic N) is 3. The number of halogens is 2. The fourth-order valence-electron chi connectivity index (χ4n) is 1.05. The molecule has 0 atom stereocenters.